The Kier molecular flexibility index (Phi) is 42.7. The van der Waals surface area contributed by atoms with Crippen molar-refractivity contribution in [1.82, 2.24) is 20.3 Å². The number of nitrogens with zero attached hydrogens (tertiary/aromatic N) is 9. The van der Waals surface area contributed by atoms with E-state index in [1.165, 1.54) is 79.7 Å². The summed E-state index contributed by atoms with van der Waals surface area (Å²) in [6.07, 6.45) is 4.81. The Morgan fingerprint density at radius 3 is 1.29 bits per heavy atom. The molecule has 3 aliphatic heterocycles. The lowest BCUT2D eigenvalue weighted by molar-refractivity contribution is -0.150. The van der Waals surface area contributed by atoms with Crippen molar-refractivity contribution in [2.75, 3.05) is 128 Å². The van der Waals surface area contributed by atoms with Gasteiger partial charge >= 0.3 is 21.6 Å². The van der Waals surface area contributed by atoms with Crippen molar-refractivity contribution in [3.8, 4) is 23.0 Å². The van der Waals surface area contributed by atoms with Gasteiger partial charge in [-0.3, -0.25) is 53.1 Å². The number of hydrogen-bond donors (Lipinski definition) is 7. The maximum Gasteiger partial charge on any atom is 0.524 e. The van der Waals surface area contributed by atoms with E-state index in [0.717, 1.165) is 90.8 Å². The first-order valence-corrected chi connectivity index (χ1v) is 51.7. The molecule has 3 aliphatic rings. The number of fused-ring (bicyclic) bond motifs is 6. The van der Waals surface area contributed by atoms with Crippen molar-refractivity contribution in [1.29, 1.82) is 0 Å². The van der Waals surface area contributed by atoms with E-state index in [1.54, 1.807) is 24.3 Å². The minimum absolute atomic E-state index is 0.0114. The second-order valence-electron chi connectivity index (χ2n) is 33.7. The minimum atomic E-state index is -4.72. The van der Waals surface area contributed by atoms with Crippen molar-refractivity contribution >= 4 is 128 Å². The third kappa shape index (κ3) is 35.2. The number of rotatable bonds is 48. The van der Waals surface area contributed by atoms with Crippen LogP contribution in [0.25, 0.3) is 0 Å². The van der Waals surface area contributed by atoms with Gasteiger partial charge in [0.05, 0.1) is 70.1 Å². The van der Waals surface area contributed by atoms with Crippen molar-refractivity contribution in [3.05, 3.63) is 240 Å². The molecule has 0 aliphatic carbocycles. The van der Waals surface area contributed by atoms with Gasteiger partial charge in [-0.1, -0.05) is 81.0 Å². The van der Waals surface area contributed by atoms with Crippen molar-refractivity contribution in [2.45, 2.75) is 144 Å². The van der Waals surface area contributed by atoms with Gasteiger partial charge in [0.1, 0.15) is 23.0 Å². The first-order valence-electron chi connectivity index (χ1n) is 45.6. The molecule has 141 heavy (non-hydrogen) atoms. The van der Waals surface area contributed by atoms with Gasteiger partial charge in [-0.05, 0) is 195 Å². The molecule has 1 fully saturated rings. The van der Waals surface area contributed by atoms with Gasteiger partial charge in [-0.2, -0.15) is 20.5 Å². The molecule has 12 rings (SSSR count). The molecule has 5 amide bonds. The lowest BCUT2D eigenvalue weighted by Crippen LogP contribution is -2.36. The van der Waals surface area contributed by atoms with Crippen molar-refractivity contribution < 1.29 is 121 Å². The molecule has 9 aromatic rings. The number of halogens is 2. The number of esters is 1. The highest BCUT2D eigenvalue weighted by atomic mass is 32.2. The van der Waals surface area contributed by atoms with Crippen molar-refractivity contribution in [2.24, 2.45) is 20.5 Å². The highest BCUT2D eigenvalue weighted by Crippen LogP contribution is 2.57. The van der Waals surface area contributed by atoms with Crippen LogP contribution in [0.5, 0.6) is 23.0 Å². The summed E-state index contributed by atoms with van der Waals surface area (Å²) in [5, 5.41) is 22.2. The van der Waals surface area contributed by atoms with Gasteiger partial charge in [-0.25, -0.2) is 49.2 Å². The second-order valence-corrected chi connectivity index (χ2v) is 39.9. The molecule has 2 atom stereocenters. The Balaban J connectivity index is 0.000000217. The van der Waals surface area contributed by atoms with E-state index in [4.69, 9.17) is 38.5 Å². The van der Waals surface area contributed by atoms with Crippen LogP contribution in [0.1, 0.15) is 167 Å². The quantitative estimate of drug-likeness (QED) is 0.00612. The normalized spacial score (nSPS) is 13.4. The number of carbonyl (C=O) groups is 8. The first-order chi connectivity index (χ1) is 67.0. The summed E-state index contributed by atoms with van der Waals surface area (Å²) in [6.45, 7) is 2.97. The summed E-state index contributed by atoms with van der Waals surface area (Å²) < 4.78 is 135. The summed E-state index contributed by atoms with van der Waals surface area (Å²) >= 11 is 0. The van der Waals surface area contributed by atoms with Crippen LogP contribution < -0.4 is 48.7 Å². The topological polar surface area (TPSA) is 477 Å². The number of Topliss-reactive ketones (excluding diaryl/α,β-unsaturated/α-hetero) is 2. The van der Waals surface area contributed by atoms with Crippen molar-refractivity contribution in [3.63, 3.8) is 0 Å². The average molecular weight is 2030 g/mol. The van der Waals surface area contributed by atoms with Crippen LogP contribution in [0.3, 0.4) is 0 Å². The molecule has 0 saturated carbocycles. The molecule has 0 radical (unpaired) electrons. The molecule has 7 N–H and O–H groups in total. The zero-order valence-corrected chi connectivity index (χ0v) is 83.3. The largest absolute Gasteiger partial charge is 0.524 e. The minimum Gasteiger partial charge on any atom is -0.456 e. The number of carbonyl (C=O) groups excluding carboxylic acids is 8. The van der Waals surface area contributed by atoms with Crippen LogP contribution in [-0.4, -0.2) is 197 Å². The molecular formula is C99H120F2N12O24P2S2. The third-order valence-corrected chi connectivity index (χ3v) is 26.3. The lowest BCUT2D eigenvalue weighted by atomic mass is 9.77. The van der Waals surface area contributed by atoms with E-state index in [2.05, 4.69) is 44.9 Å². The second kappa shape index (κ2) is 53.8. The summed E-state index contributed by atoms with van der Waals surface area (Å²) in [7, 11) is -0.890. The lowest BCUT2D eigenvalue weighted by Gasteiger charge is -2.37. The number of azo groups is 2. The number of sulfone groups is 1. The number of ketones is 2. The van der Waals surface area contributed by atoms with Crippen LogP contribution in [0.15, 0.2) is 237 Å². The zero-order chi connectivity index (χ0) is 103. The Morgan fingerprint density at radius 1 is 0.454 bits per heavy atom. The van der Waals surface area contributed by atoms with E-state index >= 15 is 0 Å². The Bertz CT molecular complexity index is 6070. The number of ether oxygens (including phenoxy) is 4. The van der Waals surface area contributed by atoms with Gasteiger partial charge in [0, 0.05) is 173 Å². The number of likely N-dealkylation sites (tertiary alicyclic amines) is 1. The van der Waals surface area contributed by atoms with Gasteiger partial charge in [0.2, 0.25) is 39.6 Å². The molecule has 36 nitrogen and oxygen atoms in total. The predicted molar refractivity (Wildman–Crippen MR) is 528 cm³/mol. The van der Waals surface area contributed by atoms with E-state index in [-0.39, 0.29) is 134 Å². The van der Waals surface area contributed by atoms with E-state index in [1.807, 2.05) is 185 Å². The molecular weight excluding hydrogens is 1910 g/mol. The number of hydrogen-bond acceptors (Lipinski definition) is 28. The maximum absolute atomic E-state index is 14.5. The molecule has 2 unspecified atom stereocenters. The summed E-state index contributed by atoms with van der Waals surface area (Å²) in [4.78, 5) is 139. The number of nitrogens with one attached hydrogen (secondary N) is 3. The van der Waals surface area contributed by atoms with Gasteiger partial charge in [0.15, 0.2) is 39.3 Å². The highest BCUT2D eigenvalue weighted by molar-refractivity contribution is 7.91. The SMILES string of the molecule is CC(=O)NCCCCCCCC(=O)C(F)c1ccc(OP(=O)(O)O)cc1.CN(C)c1ccc(N=Nc2ccc(S(=O)(=O)CCCOCCC(=O)NCCCCCCCC(=O)C(F)c3ccc(OP(=O)(O)O)cc3)cc2)cc1.CN(C)c1ccc(N=Nc2ccc(S(=O)(=O)NCCOCCC(=O)N3C(=O)CCC3=O)cc2)cc1.CN(C)c1ccc2c(c1)Oc1cc(N(C)C)ccc1C21OC(=O)c2ccccc21. The Morgan fingerprint density at radius 2 is 0.851 bits per heavy atom. The Labute approximate surface area is 819 Å². The number of phosphoric acid groups is 2. The third-order valence-electron chi connectivity index (χ3n) is 22.1. The standard InChI is InChI=1S/C35H46FN4O9PS.C24H22N2O3.C23H27N5O6S.C17H25FNO6P/c1-40(2)30-16-12-28(13-17-30)38-39-29-14-20-32(21-15-29)51(46,47)26-8-24-48-25-22-34(42)37-23-7-5-3-4-6-9-33(41)35(36)27-10-18-31(19-11-27)49-50(43,44)45;1-25(2)15-9-11-19-21(13-15)28-22-14-16(26(3)4)10-12-20(22)24(19)18-8-6-5-7-17(18)23(27)29-24;1-27(2)19-7-3-17(4-8-19)25-26-18-5-9-20(10-6-18)35(32,33)24-14-16-34-15-13-23(31)28-21(29)11-12-22(28)30;1-13(20)19-12-6-4-2-3-5-7-16(21)17(18)14-8-10-15(11-9-14)25-26(22,23)24/h10-21,35H,3-9,22-26H2,1-2H3,(H,37,42)(H2,43,44,45);5-14H,1-4H3;3-10,24H,11-16H2,1-2H3;8-11,17H,2-7,12H2,1H3,(H,19,20)(H2,22,23,24). The number of anilines is 4. The fraction of sp³-hybridized carbons (Fsp3) is 0.374. The molecule has 1 saturated heterocycles. The predicted octanol–water partition coefficient (Wildman–Crippen LogP) is 17.1. The number of phosphoric ester groups is 2. The number of alkyl halides is 2. The smallest absolute Gasteiger partial charge is 0.456 e. The number of amides is 5. The fourth-order valence-corrected chi connectivity index (χ4v) is 17.7. The number of imide groups is 3. The fourth-order valence-electron chi connectivity index (χ4n) is 14.6. The number of unbranched alkanes of at least 4 members (excludes halogenated alkanes) is 8. The van der Waals surface area contributed by atoms with E-state index in [9.17, 15) is 73.1 Å². The van der Waals surface area contributed by atoms with E-state index in [0.29, 0.717) is 70.6 Å². The van der Waals surface area contributed by atoms with Crippen LogP contribution in [-0.2, 0) is 82.4 Å². The molecule has 0 aromatic heterocycles. The molecule has 42 heteroatoms. The Hall–Kier alpha value is -12.7. The van der Waals surface area contributed by atoms with Gasteiger partial charge < -0.3 is 58.2 Å². The molecule has 3 heterocycles. The highest BCUT2D eigenvalue weighted by Gasteiger charge is 2.54. The number of benzene rings is 9. The van der Waals surface area contributed by atoms with E-state index < -0.39 is 82.7 Å². The number of sulfonamides is 1. The van der Waals surface area contributed by atoms with Gasteiger partial charge in [0.25, 0.3) is 0 Å². The molecule has 1 spiro atoms. The van der Waals surface area contributed by atoms with Crippen LogP contribution >= 0.6 is 15.6 Å². The van der Waals surface area contributed by atoms with Crippen LogP contribution in [0, 0.1) is 0 Å². The zero-order valence-electron chi connectivity index (χ0n) is 79.9. The molecule has 756 valence electrons. The average Bonchev–Trinajstić information content (AvgIpc) is 1.57. The summed E-state index contributed by atoms with van der Waals surface area (Å²) in [5.74, 6) is -2.14. The van der Waals surface area contributed by atoms with Crippen LogP contribution in [0.2, 0.25) is 0 Å². The summed E-state index contributed by atoms with van der Waals surface area (Å²) in [5.41, 5.74) is 8.86. The van der Waals surface area contributed by atoms with Crippen LogP contribution in [0.4, 0.5) is 54.3 Å². The first kappa shape index (κ1) is 112. The summed E-state index contributed by atoms with van der Waals surface area (Å²) in [6, 6.07) is 56.8. The molecule has 9 aromatic carbocycles. The molecule has 0 bridgehead atoms. The monoisotopic (exact) mass is 2020 g/mol. The maximum atomic E-state index is 14.5. The van der Waals surface area contributed by atoms with Gasteiger partial charge in [-0.15, -0.1) is 0 Å².